The van der Waals surface area contributed by atoms with Gasteiger partial charge < -0.3 is 0 Å². The molecular weight excluding hydrogens is 365 g/mol. The van der Waals surface area contributed by atoms with Crippen LogP contribution >= 0.6 is 48.0 Å². The fourth-order valence-electron chi connectivity index (χ4n) is 0.714. The Morgan fingerprint density at radius 1 is 1.00 bits per heavy atom. The molecular formula is C7H11AlI2. The molecule has 0 unspecified atom stereocenters. The highest BCUT2D eigenvalue weighted by Crippen LogP contribution is 1.95. The average molecular weight is 376 g/mol. The van der Waals surface area contributed by atoms with Crippen molar-refractivity contribution in [2.24, 2.45) is 0 Å². The van der Waals surface area contributed by atoms with Crippen LogP contribution in [0.1, 0.15) is 5.56 Å². The monoisotopic (exact) mass is 376 g/mol. The molecule has 1 aromatic carbocycles. The minimum atomic E-state index is 0. The molecule has 0 atom stereocenters. The van der Waals surface area contributed by atoms with Gasteiger partial charge in [0.2, 0.25) is 16.3 Å². The predicted molar refractivity (Wildman–Crippen MR) is 69.5 cm³/mol. The molecule has 1 aromatic rings. The smallest absolute Gasteiger partial charge is 0.107 e. The van der Waals surface area contributed by atoms with E-state index in [1.165, 1.54) is 27.1 Å². The molecule has 56 valence electrons. The lowest BCUT2D eigenvalue weighted by Gasteiger charge is -1.89. The largest absolute Gasteiger partial charge is 0.218 e. The maximum absolute atomic E-state index is 2.17. The van der Waals surface area contributed by atoms with Crippen molar-refractivity contribution < 1.29 is 0 Å². The Kier molecular flexibility index (Phi) is 11.5. The lowest BCUT2D eigenvalue weighted by molar-refractivity contribution is 1.40. The van der Waals surface area contributed by atoms with Crippen LogP contribution in [0.15, 0.2) is 30.3 Å². The van der Waals surface area contributed by atoms with E-state index in [1.54, 1.807) is 0 Å². The molecule has 0 fully saturated rings. The first kappa shape index (κ1) is 13.8. The molecule has 3 heteroatoms. The minimum absolute atomic E-state index is 0. The van der Waals surface area contributed by atoms with E-state index in [0.717, 1.165) is 0 Å². The van der Waals surface area contributed by atoms with Crippen LogP contribution in [0.25, 0.3) is 0 Å². The van der Waals surface area contributed by atoms with Gasteiger partial charge >= 0.3 is 0 Å². The molecule has 0 aliphatic rings. The first-order valence-electron chi connectivity index (χ1n) is 2.97. The molecule has 10 heavy (non-hydrogen) atoms. The number of rotatable bonds is 1. The Bertz CT molecular complexity index is 153. The van der Waals surface area contributed by atoms with E-state index in [2.05, 4.69) is 30.3 Å². The first-order valence-corrected chi connectivity index (χ1v) is 4.39. The van der Waals surface area contributed by atoms with Crippen LogP contribution in [0.5, 0.6) is 0 Å². The summed E-state index contributed by atoms with van der Waals surface area (Å²) in [7, 11) is 0. The molecule has 0 aromatic heterocycles. The van der Waals surface area contributed by atoms with Gasteiger partial charge in [-0.2, -0.15) is 0 Å². The molecule has 0 aliphatic heterocycles. The van der Waals surface area contributed by atoms with Crippen LogP contribution in [-0.4, -0.2) is 16.3 Å². The predicted octanol–water partition coefficient (Wildman–Crippen LogP) is 2.06. The number of hydrogen-bond donors (Lipinski definition) is 0. The molecule has 1 rings (SSSR count). The molecule has 0 saturated heterocycles. The topological polar surface area (TPSA) is 0 Å². The summed E-state index contributed by atoms with van der Waals surface area (Å²) in [5.41, 5.74) is 1.47. The van der Waals surface area contributed by atoms with E-state index in [1.807, 2.05) is 0 Å². The highest BCUT2D eigenvalue weighted by atomic mass is 127. The highest BCUT2D eigenvalue weighted by Gasteiger charge is 1.80. The van der Waals surface area contributed by atoms with Crippen molar-refractivity contribution in [1.29, 1.82) is 0 Å². The van der Waals surface area contributed by atoms with Crippen molar-refractivity contribution in [2.75, 3.05) is 0 Å². The maximum Gasteiger partial charge on any atom is 0.218 e. The van der Waals surface area contributed by atoms with Crippen molar-refractivity contribution in [3.05, 3.63) is 35.9 Å². The Morgan fingerprint density at radius 2 is 1.50 bits per heavy atom. The van der Waals surface area contributed by atoms with Crippen molar-refractivity contribution in [1.82, 2.24) is 0 Å². The van der Waals surface area contributed by atoms with Crippen LogP contribution in [0.2, 0.25) is 0 Å². The van der Waals surface area contributed by atoms with Crippen LogP contribution < -0.4 is 0 Å². The Labute approximate surface area is 104 Å². The lowest BCUT2D eigenvalue weighted by atomic mass is 10.2. The maximum atomic E-state index is 2.17. The Balaban J connectivity index is 0. The van der Waals surface area contributed by atoms with Crippen molar-refractivity contribution in [3.8, 4) is 0 Å². The summed E-state index contributed by atoms with van der Waals surface area (Å²) < 4.78 is 0. The first-order chi connectivity index (χ1) is 3.93. The van der Waals surface area contributed by atoms with Crippen LogP contribution in [0.4, 0.5) is 0 Å². The van der Waals surface area contributed by atoms with Crippen molar-refractivity contribution in [3.63, 3.8) is 0 Å². The fraction of sp³-hybridized carbons (Fsp3) is 0.143. The van der Waals surface area contributed by atoms with Gasteiger partial charge in [-0.15, -0.1) is 48.0 Å². The minimum Gasteiger partial charge on any atom is -0.107 e. The van der Waals surface area contributed by atoms with Crippen LogP contribution in [-0.2, 0) is 5.28 Å². The number of benzene rings is 1. The molecule has 0 heterocycles. The summed E-state index contributed by atoms with van der Waals surface area (Å²) >= 11 is 1.28. The third kappa shape index (κ3) is 4.94. The van der Waals surface area contributed by atoms with Gasteiger partial charge in [-0.3, -0.25) is 0 Å². The second-order valence-electron chi connectivity index (χ2n) is 1.84. The van der Waals surface area contributed by atoms with Gasteiger partial charge in [-0.05, 0) is 0 Å². The molecule has 0 radical (unpaired) electrons. The van der Waals surface area contributed by atoms with E-state index in [-0.39, 0.29) is 48.0 Å². The summed E-state index contributed by atoms with van der Waals surface area (Å²) in [6, 6.07) is 10.6. The van der Waals surface area contributed by atoms with Gasteiger partial charge in [0, 0.05) is 0 Å². The van der Waals surface area contributed by atoms with Gasteiger partial charge in [0.15, 0.2) is 0 Å². The summed E-state index contributed by atoms with van der Waals surface area (Å²) in [4.78, 5) is 0. The Hall–Kier alpha value is 1.21. The summed E-state index contributed by atoms with van der Waals surface area (Å²) in [6.07, 6.45) is 0. The SMILES string of the molecule is I.I.[AlH2][CH2]c1ccccc1. The molecule has 0 aliphatic carbocycles. The fourth-order valence-corrected chi connectivity index (χ4v) is 1.19. The zero-order valence-corrected chi connectivity index (χ0v) is 12.6. The van der Waals surface area contributed by atoms with Crippen LogP contribution in [0.3, 0.4) is 0 Å². The van der Waals surface area contributed by atoms with E-state index >= 15 is 0 Å². The average Bonchev–Trinajstić information content (AvgIpc) is 1.90. The summed E-state index contributed by atoms with van der Waals surface area (Å²) in [5.74, 6) is 0. The second kappa shape index (κ2) is 8.31. The third-order valence-corrected chi connectivity index (χ3v) is 2.07. The summed E-state index contributed by atoms with van der Waals surface area (Å²) in [6.45, 7) is 0. The molecule has 0 nitrogen and oxygen atoms in total. The molecule has 0 saturated carbocycles. The van der Waals surface area contributed by atoms with Gasteiger partial charge in [-0.1, -0.05) is 41.2 Å². The normalized spacial score (nSPS) is 7.20. The van der Waals surface area contributed by atoms with E-state index in [0.29, 0.717) is 0 Å². The molecule has 0 N–H and O–H groups in total. The zero-order chi connectivity index (χ0) is 5.82. The van der Waals surface area contributed by atoms with E-state index in [9.17, 15) is 0 Å². The van der Waals surface area contributed by atoms with E-state index < -0.39 is 0 Å². The van der Waals surface area contributed by atoms with Gasteiger partial charge in [0.05, 0.1) is 0 Å². The van der Waals surface area contributed by atoms with Gasteiger partial charge in [-0.25, -0.2) is 0 Å². The van der Waals surface area contributed by atoms with Crippen molar-refractivity contribution >= 4 is 64.2 Å². The Morgan fingerprint density at radius 3 is 1.80 bits per heavy atom. The van der Waals surface area contributed by atoms with Crippen molar-refractivity contribution in [2.45, 2.75) is 5.28 Å². The number of halogens is 2. The third-order valence-electron chi connectivity index (χ3n) is 1.25. The lowest BCUT2D eigenvalue weighted by Crippen LogP contribution is -1.78. The van der Waals surface area contributed by atoms with Crippen LogP contribution in [0, 0.1) is 0 Å². The standard InChI is InChI=1S/C7H7.Al.2HI.2H/c1-7-5-3-2-4-6-7;;;;;/h2-6H,1H2;;2*1H;;. The quantitative estimate of drug-likeness (QED) is 0.520. The van der Waals surface area contributed by atoms with Gasteiger partial charge in [0.25, 0.3) is 0 Å². The molecule has 0 bridgehead atoms. The molecule has 0 amide bonds. The highest BCUT2D eigenvalue weighted by molar-refractivity contribution is 14.0. The number of hydrogen-bond acceptors (Lipinski definition) is 0. The van der Waals surface area contributed by atoms with Gasteiger partial charge in [0.1, 0.15) is 0 Å². The molecule has 0 spiro atoms. The zero-order valence-electron chi connectivity index (χ0n) is 5.91. The van der Waals surface area contributed by atoms with E-state index in [4.69, 9.17) is 0 Å². The second-order valence-corrected chi connectivity index (χ2v) is 2.55. The summed E-state index contributed by atoms with van der Waals surface area (Å²) in [5, 5.41) is 1.28.